The monoisotopic (exact) mass is 355 g/mol. The van der Waals surface area contributed by atoms with Crippen molar-refractivity contribution in [3.8, 4) is 11.1 Å². The number of sulfonamides is 1. The summed E-state index contributed by atoms with van der Waals surface area (Å²) in [6, 6.07) is 21.9. The largest absolute Gasteiger partial charge is 0.266 e. The van der Waals surface area contributed by atoms with Crippen LogP contribution in [-0.4, -0.2) is 15.0 Å². The molecule has 0 aliphatic heterocycles. The summed E-state index contributed by atoms with van der Waals surface area (Å²) in [6.07, 6.45) is 0. The summed E-state index contributed by atoms with van der Waals surface area (Å²) in [5, 5.41) is 0. The molecule has 0 aliphatic rings. The van der Waals surface area contributed by atoms with Gasteiger partial charge in [-0.1, -0.05) is 48.5 Å². The van der Waals surface area contributed by atoms with E-state index in [4.69, 9.17) is 0 Å². The molecule has 3 rings (SSSR count). The normalized spacial score (nSPS) is 11.3. The summed E-state index contributed by atoms with van der Waals surface area (Å²) < 4.78 is 40.6. The van der Waals surface area contributed by atoms with Crippen LogP contribution in [0.1, 0.15) is 6.92 Å². The average Bonchev–Trinajstić information content (AvgIpc) is 2.64. The maximum absolute atomic E-state index is 13.2. The summed E-state index contributed by atoms with van der Waals surface area (Å²) in [6.45, 7) is 2.05. The predicted molar refractivity (Wildman–Crippen MR) is 98.5 cm³/mol. The molecule has 0 N–H and O–H groups in total. The Morgan fingerprint density at radius 3 is 2.08 bits per heavy atom. The van der Waals surface area contributed by atoms with Crippen molar-refractivity contribution in [3.63, 3.8) is 0 Å². The fourth-order valence-corrected chi connectivity index (χ4v) is 4.25. The van der Waals surface area contributed by atoms with Crippen molar-refractivity contribution in [2.75, 3.05) is 10.8 Å². The van der Waals surface area contributed by atoms with Gasteiger partial charge in [-0.3, -0.25) is 4.31 Å². The highest BCUT2D eigenvalue weighted by Gasteiger charge is 2.25. The zero-order valence-corrected chi connectivity index (χ0v) is 14.6. The number of hydrogen-bond acceptors (Lipinski definition) is 2. The second-order valence-electron chi connectivity index (χ2n) is 5.51. The van der Waals surface area contributed by atoms with Gasteiger partial charge in [0, 0.05) is 12.1 Å². The Balaban J connectivity index is 2.12. The van der Waals surface area contributed by atoms with Crippen molar-refractivity contribution < 1.29 is 12.8 Å². The topological polar surface area (TPSA) is 37.4 Å². The highest BCUT2D eigenvalue weighted by Crippen LogP contribution is 2.33. The van der Waals surface area contributed by atoms with Crippen LogP contribution in [0.5, 0.6) is 0 Å². The van der Waals surface area contributed by atoms with Crippen molar-refractivity contribution in [2.45, 2.75) is 11.8 Å². The Bertz CT molecular complexity index is 955. The van der Waals surface area contributed by atoms with Crippen LogP contribution < -0.4 is 4.31 Å². The van der Waals surface area contributed by atoms with Gasteiger partial charge in [0.15, 0.2) is 0 Å². The van der Waals surface area contributed by atoms with E-state index in [2.05, 4.69) is 0 Å². The van der Waals surface area contributed by atoms with Crippen LogP contribution in [0.15, 0.2) is 83.8 Å². The van der Waals surface area contributed by atoms with E-state index < -0.39 is 15.8 Å². The lowest BCUT2D eigenvalue weighted by atomic mass is 10.0. The molecule has 3 aromatic rings. The number of benzene rings is 3. The molecule has 3 aromatic carbocycles. The number of anilines is 1. The second-order valence-corrected chi connectivity index (χ2v) is 7.37. The minimum atomic E-state index is -3.78. The lowest BCUT2D eigenvalue weighted by Gasteiger charge is -2.25. The highest BCUT2D eigenvalue weighted by atomic mass is 32.2. The molecule has 0 heterocycles. The lowest BCUT2D eigenvalue weighted by Crippen LogP contribution is -2.31. The van der Waals surface area contributed by atoms with Crippen molar-refractivity contribution >= 4 is 15.7 Å². The van der Waals surface area contributed by atoms with E-state index in [1.54, 1.807) is 13.0 Å². The first-order valence-electron chi connectivity index (χ1n) is 7.97. The molecule has 0 spiro atoms. The van der Waals surface area contributed by atoms with Gasteiger partial charge < -0.3 is 0 Å². The van der Waals surface area contributed by atoms with Crippen LogP contribution in [0.3, 0.4) is 0 Å². The Kier molecular flexibility index (Phi) is 4.86. The van der Waals surface area contributed by atoms with Gasteiger partial charge >= 0.3 is 0 Å². The van der Waals surface area contributed by atoms with Crippen LogP contribution in [0, 0.1) is 5.82 Å². The van der Waals surface area contributed by atoms with E-state index in [1.165, 1.54) is 16.4 Å². The summed E-state index contributed by atoms with van der Waals surface area (Å²) in [5.41, 5.74) is 2.36. The molecule has 25 heavy (non-hydrogen) atoms. The Hall–Kier alpha value is -2.66. The number of para-hydroxylation sites is 1. The first kappa shape index (κ1) is 17.2. The van der Waals surface area contributed by atoms with Crippen molar-refractivity contribution in [3.05, 3.63) is 84.7 Å². The van der Waals surface area contributed by atoms with E-state index in [-0.39, 0.29) is 11.4 Å². The van der Waals surface area contributed by atoms with Crippen molar-refractivity contribution in [1.82, 2.24) is 0 Å². The van der Waals surface area contributed by atoms with Crippen LogP contribution >= 0.6 is 0 Å². The first-order valence-corrected chi connectivity index (χ1v) is 9.41. The number of nitrogens with zero attached hydrogens (tertiary/aromatic N) is 1. The molecule has 0 aliphatic carbocycles. The van der Waals surface area contributed by atoms with Gasteiger partial charge in [-0.25, -0.2) is 12.8 Å². The first-order chi connectivity index (χ1) is 12.0. The number of rotatable bonds is 5. The quantitative estimate of drug-likeness (QED) is 0.665. The summed E-state index contributed by atoms with van der Waals surface area (Å²) in [7, 11) is -3.78. The van der Waals surface area contributed by atoms with E-state index in [1.807, 2.05) is 48.5 Å². The third-order valence-electron chi connectivity index (χ3n) is 3.95. The van der Waals surface area contributed by atoms with Crippen LogP contribution in [0.25, 0.3) is 11.1 Å². The third-order valence-corrected chi connectivity index (χ3v) is 5.85. The minimum absolute atomic E-state index is 0.0682. The van der Waals surface area contributed by atoms with Crippen molar-refractivity contribution in [2.24, 2.45) is 0 Å². The molecular formula is C20H18FNO2S. The molecule has 128 valence electrons. The van der Waals surface area contributed by atoms with Gasteiger partial charge in [-0.05, 0) is 42.8 Å². The predicted octanol–water partition coefficient (Wildman–Crippen LogP) is 4.71. The van der Waals surface area contributed by atoms with Crippen LogP contribution in [-0.2, 0) is 10.0 Å². The summed E-state index contributed by atoms with van der Waals surface area (Å²) >= 11 is 0. The molecule has 0 unspecified atom stereocenters. The fraction of sp³-hybridized carbons (Fsp3) is 0.100. The second kappa shape index (κ2) is 7.07. The molecule has 0 saturated heterocycles. The molecule has 0 saturated carbocycles. The maximum atomic E-state index is 13.2. The minimum Gasteiger partial charge on any atom is -0.266 e. The Labute approximate surface area is 147 Å². The van der Waals surface area contributed by atoms with E-state index >= 15 is 0 Å². The molecule has 3 nitrogen and oxygen atoms in total. The van der Waals surface area contributed by atoms with Crippen molar-refractivity contribution in [1.29, 1.82) is 0 Å². The number of hydrogen-bond donors (Lipinski definition) is 0. The molecular weight excluding hydrogens is 337 g/mol. The van der Waals surface area contributed by atoms with E-state index in [0.29, 0.717) is 5.69 Å². The molecule has 0 atom stereocenters. The smallest absolute Gasteiger partial charge is 0.264 e. The molecule has 0 radical (unpaired) electrons. The zero-order chi connectivity index (χ0) is 17.9. The van der Waals surface area contributed by atoms with Gasteiger partial charge in [0.2, 0.25) is 0 Å². The van der Waals surface area contributed by atoms with Crippen LogP contribution in [0.4, 0.5) is 10.1 Å². The number of halogens is 1. The van der Waals surface area contributed by atoms with Gasteiger partial charge in [-0.2, -0.15) is 0 Å². The summed E-state index contributed by atoms with van der Waals surface area (Å²) in [5.74, 6) is -0.466. The summed E-state index contributed by atoms with van der Waals surface area (Å²) in [4.78, 5) is 0.0682. The zero-order valence-electron chi connectivity index (χ0n) is 13.8. The Morgan fingerprint density at radius 2 is 1.44 bits per heavy atom. The lowest BCUT2D eigenvalue weighted by molar-refractivity contribution is 0.590. The molecule has 0 fully saturated rings. The average molecular weight is 355 g/mol. The molecule has 5 heteroatoms. The standard InChI is InChI=1S/C20H18FNO2S/c1-2-22(25(23,24)18-14-12-17(21)13-15-18)20-11-7-6-10-19(20)16-8-4-3-5-9-16/h3-15H,2H2,1H3. The molecule has 0 bridgehead atoms. The van der Waals surface area contributed by atoms with Gasteiger partial charge in [0.05, 0.1) is 10.6 Å². The molecule has 0 aromatic heterocycles. The maximum Gasteiger partial charge on any atom is 0.264 e. The Morgan fingerprint density at radius 1 is 0.840 bits per heavy atom. The SMILES string of the molecule is CCN(c1ccccc1-c1ccccc1)S(=O)(=O)c1ccc(F)cc1. The fourth-order valence-electron chi connectivity index (χ4n) is 2.76. The third kappa shape index (κ3) is 3.42. The molecule has 0 amide bonds. The van der Waals surface area contributed by atoms with Gasteiger partial charge in [-0.15, -0.1) is 0 Å². The highest BCUT2D eigenvalue weighted by molar-refractivity contribution is 7.92. The van der Waals surface area contributed by atoms with E-state index in [0.717, 1.165) is 23.3 Å². The van der Waals surface area contributed by atoms with E-state index in [9.17, 15) is 12.8 Å². The van der Waals surface area contributed by atoms with Crippen LogP contribution in [0.2, 0.25) is 0 Å². The van der Waals surface area contributed by atoms with Gasteiger partial charge in [0.25, 0.3) is 10.0 Å². The van der Waals surface area contributed by atoms with Gasteiger partial charge in [0.1, 0.15) is 5.82 Å².